The minimum atomic E-state index is -4.68. The number of nitrogens with zero attached hydrogens (tertiary/aromatic N) is 3. The van der Waals surface area contributed by atoms with Crippen LogP contribution in [-0.4, -0.2) is 65.8 Å². The summed E-state index contributed by atoms with van der Waals surface area (Å²) in [6.07, 6.45) is 1.30. The third-order valence-electron chi connectivity index (χ3n) is 6.40. The second-order valence-corrected chi connectivity index (χ2v) is 9.33. The smallest absolute Gasteiger partial charge is 0.379 e. The van der Waals surface area contributed by atoms with Crippen molar-refractivity contribution in [3.63, 3.8) is 0 Å². The molecular weight excluding hydrogens is 498 g/mol. The standard InChI is InChI=1S/C28H29F4N5O/c1-18(28(30,31)32)27-21-8-3-9-24(36-25-10-13-37(2)17-23(25)29)22(21)15-20(35-27)7-5-12-34-26(38)14-19-6-4-11-33-16-19/h3-9,11,15-16,23,25,36H,1,10,12-14,17H2,2H3,(H,34,38)/b7-5+/t23-,25+/m0/s1. The van der Waals surface area contributed by atoms with Gasteiger partial charge in [-0.25, -0.2) is 9.37 Å². The lowest BCUT2D eigenvalue weighted by Crippen LogP contribution is -2.46. The second-order valence-electron chi connectivity index (χ2n) is 9.33. The number of halogens is 4. The van der Waals surface area contributed by atoms with Gasteiger partial charge in [-0.05, 0) is 43.3 Å². The number of nitrogens with one attached hydrogen (secondary N) is 2. The normalized spacial score (nSPS) is 18.6. The number of pyridine rings is 2. The molecule has 38 heavy (non-hydrogen) atoms. The van der Waals surface area contributed by atoms with E-state index in [9.17, 15) is 22.4 Å². The van der Waals surface area contributed by atoms with Gasteiger partial charge in [-0.15, -0.1) is 0 Å². The zero-order valence-electron chi connectivity index (χ0n) is 20.9. The molecule has 0 bridgehead atoms. The van der Waals surface area contributed by atoms with Gasteiger partial charge >= 0.3 is 6.18 Å². The number of rotatable bonds is 8. The SMILES string of the molecule is C=C(c1nc(/C=C/CNC(=O)Cc2cccnc2)cc2c(N[C@@H]3CCN(C)C[C@@H]3F)cccc12)C(F)(F)F. The van der Waals surface area contributed by atoms with Crippen LogP contribution in [0.2, 0.25) is 0 Å². The van der Waals surface area contributed by atoms with Crippen LogP contribution in [0.4, 0.5) is 23.2 Å². The summed E-state index contributed by atoms with van der Waals surface area (Å²) in [7, 11) is 1.85. The number of carbonyl (C=O) groups is 1. The molecule has 4 rings (SSSR count). The fraction of sp³-hybridized carbons (Fsp3) is 0.321. The fourth-order valence-electron chi connectivity index (χ4n) is 4.39. The first-order valence-corrected chi connectivity index (χ1v) is 12.2. The maximum atomic E-state index is 14.7. The number of aromatic nitrogens is 2. The van der Waals surface area contributed by atoms with Crippen LogP contribution in [-0.2, 0) is 11.2 Å². The molecule has 1 saturated heterocycles. The van der Waals surface area contributed by atoms with Gasteiger partial charge in [-0.1, -0.05) is 30.9 Å². The molecule has 1 aliphatic heterocycles. The quantitative estimate of drug-likeness (QED) is 0.402. The Morgan fingerprint density at radius 3 is 2.76 bits per heavy atom. The molecule has 0 aliphatic carbocycles. The predicted molar refractivity (Wildman–Crippen MR) is 141 cm³/mol. The van der Waals surface area contributed by atoms with Crippen LogP contribution in [0, 0.1) is 0 Å². The van der Waals surface area contributed by atoms with Gasteiger partial charge in [0, 0.05) is 48.5 Å². The molecule has 1 aromatic carbocycles. The highest BCUT2D eigenvalue weighted by molar-refractivity contribution is 6.00. The van der Waals surface area contributed by atoms with Crippen molar-refractivity contribution in [1.29, 1.82) is 0 Å². The summed E-state index contributed by atoms with van der Waals surface area (Å²) in [5.41, 5.74) is 0.189. The van der Waals surface area contributed by atoms with Gasteiger partial charge in [-0.3, -0.25) is 9.78 Å². The Balaban J connectivity index is 1.59. The van der Waals surface area contributed by atoms with Gasteiger partial charge < -0.3 is 15.5 Å². The number of piperidine rings is 1. The Labute approximate surface area is 218 Å². The van der Waals surface area contributed by atoms with Gasteiger partial charge in [-0.2, -0.15) is 13.2 Å². The van der Waals surface area contributed by atoms with Crippen molar-refractivity contribution in [2.24, 2.45) is 0 Å². The molecule has 0 unspecified atom stereocenters. The lowest BCUT2D eigenvalue weighted by molar-refractivity contribution is -0.120. The molecule has 3 aromatic rings. The Bertz CT molecular complexity index is 1330. The number of alkyl halides is 4. The number of anilines is 1. The Hall–Kier alpha value is -3.79. The van der Waals surface area contributed by atoms with E-state index < -0.39 is 24.0 Å². The molecule has 1 fully saturated rings. The molecule has 1 aliphatic rings. The van der Waals surface area contributed by atoms with Crippen LogP contribution in [0.15, 0.2) is 61.4 Å². The Kier molecular flexibility index (Phi) is 8.41. The van der Waals surface area contributed by atoms with E-state index in [4.69, 9.17) is 0 Å². The maximum Gasteiger partial charge on any atom is 0.417 e. The molecule has 3 heterocycles. The highest BCUT2D eigenvalue weighted by Crippen LogP contribution is 2.37. The van der Waals surface area contributed by atoms with Crippen molar-refractivity contribution in [3.05, 3.63) is 78.4 Å². The van der Waals surface area contributed by atoms with Crippen molar-refractivity contribution >= 4 is 34.0 Å². The Morgan fingerprint density at radius 1 is 1.24 bits per heavy atom. The number of allylic oxidation sites excluding steroid dienone is 1. The summed E-state index contributed by atoms with van der Waals surface area (Å²) in [5.74, 6) is -0.217. The summed E-state index contributed by atoms with van der Waals surface area (Å²) >= 11 is 0. The number of amides is 1. The first kappa shape index (κ1) is 27.3. The van der Waals surface area contributed by atoms with Gasteiger partial charge in [0.25, 0.3) is 0 Å². The van der Waals surface area contributed by atoms with E-state index in [-0.39, 0.29) is 42.2 Å². The third kappa shape index (κ3) is 6.74. The average Bonchev–Trinajstić information content (AvgIpc) is 2.87. The van der Waals surface area contributed by atoms with E-state index in [1.54, 1.807) is 60.9 Å². The number of fused-ring (bicyclic) bond motifs is 1. The minimum absolute atomic E-state index is 0.160. The molecule has 2 N–H and O–H groups in total. The zero-order chi connectivity index (χ0) is 27.3. The number of hydrogen-bond donors (Lipinski definition) is 2. The lowest BCUT2D eigenvalue weighted by atomic mass is 9.99. The van der Waals surface area contributed by atoms with Crippen molar-refractivity contribution in [2.45, 2.75) is 31.2 Å². The predicted octanol–water partition coefficient (Wildman–Crippen LogP) is 5.03. The lowest BCUT2D eigenvalue weighted by Gasteiger charge is -2.33. The van der Waals surface area contributed by atoms with Crippen LogP contribution in [0.25, 0.3) is 22.4 Å². The summed E-state index contributed by atoms with van der Waals surface area (Å²) in [6, 6.07) is 9.61. The van der Waals surface area contributed by atoms with Gasteiger partial charge in [0.1, 0.15) is 6.17 Å². The van der Waals surface area contributed by atoms with Crippen LogP contribution in [0.3, 0.4) is 0 Å². The molecule has 0 spiro atoms. The Morgan fingerprint density at radius 2 is 2.05 bits per heavy atom. The van der Waals surface area contributed by atoms with Crippen molar-refractivity contribution < 1.29 is 22.4 Å². The monoisotopic (exact) mass is 527 g/mol. The molecule has 200 valence electrons. The molecular formula is C28H29F4N5O. The number of benzene rings is 1. The molecule has 10 heteroatoms. The van der Waals surface area contributed by atoms with E-state index in [2.05, 4.69) is 27.2 Å². The van der Waals surface area contributed by atoms with E-state index in [0.717, 1.165) is 5.56 Å². The molecule has 2 aromatic heterocycles. The van der Waals surface area contributed by atoms with Crippen LogP contribution in [0.1, 0.15) is 23.4 Å². The first-order chi connectivity index (χ1) is 18.1. The van der Waals surface area contributed by atoms with Gasteiger partial charge in [0.15, 0.2) is 0 Å². The highest BCUT2D eigenvalue weighted by atomic mass is 19.4. The van der Waals surface area contributed by atoms with E-state index in [1.807, 2.05) is 11.9 Å². The molecule has 0 saturated carbocycles. The van der Waals surface area contributed by atoms with Crippen LogP contribution in [0.5, 0.6) is 0 Å². The van der Waals surface area contributed by atoms with Gasteiger partial charge in [0.05, 0.1) is 29.4 Å². The number of hydrogen-bond acceptors (Lipinski definition) is 5. The number of likely N-dealkylation sites (tertiary alicyclic amines) is 1. The first-order valence-electron chi connectivity index (χ1n) is 12.2. The van der Waals surface area contributed by atoms with Crippen LogP contribution < -0.4 is 10.6 Å². The molecule has 6 nitrogen and oxygen atoms in total. The summed E-state index contributed by atoms with van der Waals surface area (Å²) in [6.45, 7) is 4.40. The maximum absolute atomic E-state index is 14.7. The molecule has 1 amide bonds. The van der Waals surface area contributed by atoms with Gasteiger partial charge in [0.2, 0.25) is 5.91 Å². The summed E-state index contributed by atoms with van der Waals surface area (Å²) in [5, 5.41) is 6.69. The second kappa shape index (κ2) is 11.7. The molecule has 2 atom stereocenters. The third-order valence-corrected chi connectivity index (χ3v) is 6.40. The summed E-state index contributed by atoms with van der Waals surface area (Å²) in [4.78, 5) is 22.3. The fourth-order valence-corrected chi connectivity index (χ4v) is 4.39. The summed E-state index contributed by atoms with van der Waals surface area (Å²) < 4.78 is 55.7. The topological polar surface area (TPSA) is 70.1 Å². The zero-order valence-corrected chi connectivity index (χ0v) is 20.9. The van der Waals surface area contributed by atoms with E-state index in [1.165, 1.54) is 0 Å². The highest BCUT2D eigenvalue weighted by Gasteiger charge is 2.35. The molecule has 0 radical (unpaired) electrons. The van der Waals surface area contributed by atoms with E-state index >= 15 is 0 Å². The van der Waals surface area contributed by atoms with Crippen molar-refractivity contribution in [3.8, 4) is 0 Å². The largest absolute Gasteiger partial charge is 0.417 e. The van der Waals surface area contributed by atoms with Crippen molar-refractivity contribution in [2.75, 3.05) is 32.0 Å². The van der Waals surface area contributed by atoms with Crippen LogP contribution >= 0.6 is 0 Å². The minimum Gasteiger partial charge on any atom is -0.379 e. The van der Waals surface area contributed by atoms with E-state index in [0.29, 0.717) is 24.0 Å². The number of carbonyl (C=O) groups excluding carboxylic acids is 1. The van der Waals surface area contributed by atoms with Crippen molar-refractivity contribution in [1.82, 2.24) is 20.2 Å². The average molecular weight is 528 g/mol.